The van der Waals surface area contributed by atoms with Crippen LogP contribution in [0.25, 0.3) is 0 Å². The number of rotatable bonds is 7. The van der Waals surface area contributed by atoms with Crippen molar-refractivity contribution in [3.8, 4) is 0 Å². The first-order valence-corrected chi connectivity index (χ1v) is 11.2. The summed E-state index contributed by atoms with van der Waals surface area (Å²) in [6.07, 6.45) is 9.48. The van der Waals surface area contributed by atoms with Crippen molar-refractivity contribution in [3.63, 3.8) is 0 Å². The molecule has 4 nitrogen and oxygen atoms in total. The number of aromatic nitrogens is 2. The lowest BCUT2D eigenvalue weighted by atomic mass is 9.83. The first-order chi connectivity index (χ1) is 12.3. The van der Waals surface area contributed by atoms with Gasteiger partial charge < -0.3 is 4.74 Å². The molecule has 1 heterocycles. The Balaban J connectivity index is 1.44. The highest BCUT2D eigenvalue weighted by Crippen LogP contribution is 2.35. The average Bonchev–Trinajstić information content (AvgIpc) is 3.40. The van der Waals surface area contributed by atoms with Gasteiger partial charge in [-0.25, -0.2) is 4.68 Å². The number of ether oxygens (including phenoxy) is 1. The van der Waals surface area contributed by atoms with Crippen molar-refractivity contribution in [2.75, 3.05) is 19.0 Å². The molecular weight excluding hydrogens is 368 g/mol. The molecule has 146 valence electrons. The third kappa shape index (κ3) is 5.49. The smallest absolute Gasteiger partial charge is 0.287 e. The van der Waals surface area contributed by atoms with Gasteiger partial charge in [0.25, 0.3) is 5.56 Å². The highest BCUT2D eigenvalue weighted by Gasteiger charge is 2.25. The van der Waals surface area contributed by atoms with Crippen LogP contribution < -0.4 is 5.56 Å². The van der Waals surface area contributed by atoms with Gasteiger partial charge in [-0.05, 0) is 77.0 Å². The average molecular weight is 399 g/mol. The van der Waals surface area contributed by atoms with Gasteiger partial charge in [-0.1, -0.05) is 11.6 Å². The molecule has 0 N–H and O–H groups in total. The van der Waals surface area contributed by atoms with Crippen molar-refractivity contribution in [3.05, 3.63) is 21.6 Å². The molecule has 1 aromatic heterocycles. The third-order valence-corrected chi connectivity index (χ3v) is 7.10. The minimum atomic E-state index is -0.357. The summed E-state index contributed by atoms with van der Waals surface area (Å²) in [6.45, 7) is 7.78. The zero-order chi connectivity index (χ0) is 18.7. The molecule has 2 aliphatic rings. The number of hydrogen-bond donors (Lipinski definition) is 0. The summed E-state index contributed by atoms with van der Waals surface area (Å²) in [5, 5.41) is 4.63. The van der Waals surface area contributed by atoms with Gasteiger partial charge in [0.1, 0.15) is 5.02 Å². The number of halogens is 1. The van der Waals surface area contributed by atoms with Crippen molar-refractivity contribution in [2.24, 2.45) is 17.8 Å². The van der Waals surface area contributed by atoms with E-state index in [1.54, 1.807) is 18.0 Å². The molecule has 3 rings (SSSR count). The number of nitrogens with zero attached hydrogens (tertiary/aromatic N) is 2. The van der Waals surface area contributed by atoms with Gasteiger partial charge in [0.05, 0.1) is 16.6 Å². The minimum Gasteiger partial charge on any atom is -0.381 e. The van der Waals surface area contributed by atoms with E-state index in [9.17, 15) is 4.79 Å². The molecule has 26 heavy (non-hydrogen) atoms. The molecule has 2 fully saturated rings. The molecule has 0 atom stereocenters. The summed E-state index contributed by atoms with van der Waals surface area (Å²) in [7, 11) is 0. The van der Waals surface area contributed by atoms with Crippen LogP contribution >= 0.6 is 23.4 Å². The first kappa shape index (κ1) is 20.2. The molecule has 0 amide bonds. The second-order valence-electron chi connectivity index (χ2n) is 8.89. The Morgan fingerprint density at radius 1 is 1.12 bits per heavy atom. The van der Waals surface area contributed by atoms with Crippen LogP contribution in [0.4, 0.5) is 0 Å². The first-order valence-electron chi connectivity index (χ1n) is 9.83. The largest absolute Gasteiger partial charge is 0.381 e. The Kier molecular flexibility index (Phi) is 6.73. The lowest BCUT2D eigenvalue weighted by Crippen LogP contribution is -2.36. The Bertz CT molecular complexity index is 659. The zero-order valence-electron chi connectivity index (χ0n) is 16.2. The van der Waals surface area contributed by atoms with Crippen LogP contribution in [0.2, 0.25) is 5.02 Å². The van der Waals surface area contributed by atoms with E-state index in [0.29, 0.717) is 10.9 Å². The van der Waals surface area contributed by atoms with E-state index in [4.69, 9.17) is 16.3 Å². The van der Waals surface area contributed by atoms with Crippen LogP contribution in [0, 0.1) is 17.8 Å². The molecule has 0 bridgehead atoms. The molecule has 1 aromatic rings. The van der Waals surface area contributed by atoms with Crippen LogP contribution in [-0.4, -0.2) is 28.7 Å². The van der Waals surface area contributed by atoms with Gasteiger partial charge >= 0.3 is 0 Å². The molecule has 2 saturated carbocycles. The standard InChI is InChI=1S/C20H31ClN2O2S/c1-20(2,3)23-19(24)18(21)17(10-22-23)26-13-16-8-6-15(7-9-16)12-25-11-14-4-5-14/h10,14-16H,4-9,11-13H2,1-3H3. The summed E-state index contributed by atoms with van der Waals surface area (Å²) >= 11 is 8.00. The molecule has 0 unspecified atom stereocenters. The van der Waals surface area contributed by atoms with Gasteiger partial charge in [0.2, 0.25) is 0 Å². The molecule has 0 aromatic carbocycles. The minimum absolute atomic E-state index is 0.194. The Morgan fingerprint density at radius 3 is 2.19 bits per heavy atom. The maximum absolute atomic E-state index is 12.4. The quantitative estimate of drug-likeness (QED) is 0.607. The van der Waals surface area contributed by atoms with Gasteiger partial charge in [0.15, 0.2) is 0 Å². The van der Waals surface area contributed by atoms with E-state index in [1.165, 1.54) is 43.2 Å². The van der Waals surface area contributed by atoms with E-state index in [2.05, 4.69) is 5.10 Å². The summed E-state index contributed by atoms with van der Waals surface area (Å²) in [5.74, 6) is 3.29. The van der Waals surface area contributed by atoms with Gasteiger partial charge in [-0.15, -0.1) is 11.8 Å². The van der Waals surface area contributed by atoms with E-state index in [1.807, 2.05) is 20.8 Å². The van der Waals surface area contributed by atoms with Gasteiger partial charge in [-0.2, -0.15) is 5.10 Å². The van der Waals surface area contributed by atoms with Crippen molar-refractivity contribution < 1.29 is 4.74 Å². The predicted octanol–water partition coefficient (Wildman–Crippen LogP) is 4.98. The van der Waals surface area contributed by atoms with Crippen molar-refractivity contribution in [1.29, 1.82) is 0 Å². The van der Waals surface area contributed by atoms with Crippen molar-refractivity contribution in [1.82, 2.24) is 9.78 Å². The SMILES string of the molecule is CC(C)(C)n1ncc(SCC2CCC(COCC3CC3)CC2)c(Cl)c1=O. The van der Waals surface area contributed by atoms with E-state index >= 15 is 0 Å². The highest BCUT2D eigenvalue weighted by atomic mass is 35.5. The summed E-state index contributed by atoms with van der Waals surface area (Å²) in [5.41, 5.74) is -0.551. The summed E-state index contributed by atoms with van der Waals surface area (Å²) in [4.78, 5) is 13.2. The fourth-order valence-corrected chi connectivity index (χ4v) is 4.83. The Hall–Kier alpha value is -0.520. The monoisotopic (exact) mass is 398 g/mol. The van der Waals surface area contributed by atoms with Gasteiger partial charge in [0, 0.05) is 19.0 Å². The zero-order valence-corrected chi connectivity index (χ0v) is 17.7. The van der Waals surface area contributed by atoms with E-state index < -0.39 is 0 Å². The van der Waals surface area contributed by atoms with E-state index in [-0.39, 0.29) is 11.1 Å². The second-order valence-corrected chi connectivity index (χ2v) is 10.3. The molecule has 0 radical (unpaired) electrons. The molecule has 0 spiro atoms. The summed E-state index contributed by atoms with van der Waals surface area (Å²) in [6, 6.07) is 0. The molecule has 0 saturated heterocycles. The maximum atomic E-state index is 12.4. The van der Waals surface area contributed by atoms with E-state index in [0.717, 1.165) is 35.7 Å². The van der Waals surface area contributed by atoms with Gasteiger partial charge in [-0.3, -0.25) is 4.79 Å². The van der Waals surface area contributed by atoms with Crippen LogP contribution in [0.3, 0.4) is 0 Å². The lowest BCUT2D eigenvalue weighted by molar-refractivity contribution is 0.0728. The topological polar surface area (TPSA) is 44.1 Å². The maximum Gasteiger partial charge on any atom is 0.287 e. The second kappa shape index (κ2) is 8.66. The fraction of sp³-hybridized carbons (Fsp3) is 0.800. The van der Waals surface area contributed by atoms with Crippen LogP contribution in [0.15, 0.2) is 15.9 Å². The van der Waals surface area contributed by atoms with Crippen LogP contribution in [0.5, 0.6) is 0 Å². The normalized spacial score (nSPS) is 24.0. The Morgan fingerprint density at radius 2 is 1.65 bits per heavy atom. The molecule has 0 aliphatic heterocycles. The van der Waals surface area contributed by atoms with Crippen molar-refractivity contribution >= 4 is 23.4 Å². The third-order valence-electron chi connectivity index (χ3n) is 5.37. The van der Waals surface area contributed by atoms with Crippen LogP contribution in [-0.2, 0) is 10.3 Å². The Labute approximate surface area is 166 Å². The molecular formula is C20H31ClN2O2S. The molecule has 2 aliphatic carbocycles. The highest BCUT2D eigenvalue weighted by molar-refractivity contribution is 7.99. The van der Waals surface area contributed by atoms with Crippen LogP contribution in [0.1, 0.15) is 59.3 Å². The van der Waals surface area contributed by atoms with Crippen molar-refractivity contribution in [2.45, 2.75) is 69.7 Å². The molecule has 6 heteroatoms. The predicted molar refractivity (Wildman–Crippen MR) is 108 cm³/mol. The fourth-order valence-electron chi connectivity index (χ4n) is 3.45. The number of hydrogen-bond acceptors (Lipinski definition) is 4. The lowest BCUT2D eigenvalue weighted by Gasteiger charge is -2.28. The number of thioether (sulfide) groups is 1. The summed E-state index contributed by atoms with van der Waals surface area (Å²) < 4.78 is 7.33.